The lowest BCUT2D eigenvalue weighted by Gasteiger charge is -2.16. The summed E-state index contributed by atoms with van der Waals surface area (Å²) in [6.45, 7) is 1.82. The number of ether oxygens (including phenoxy) is 1. The van der Waals surface area contributed by atoms with E-state index in [1.54, 1.807) is 42.7 Å². The predicted octanol–water partition coefficient (Wildman–Crippen LogP) is 5.46. The zero-order valence-corrected chi connectivity index (χ0v) is 20.7. The van der Waals surface area contributed by atoms with Crippen molar-refractivity contribution in [1.29, 1.82) is 0 Å². The third kappa shape index (κ3) is 7.57. The SMILES string of the molecule is Cc1cnc(Nc2cc(-c3ccc(NS(=O)(=O)CC(F)(F)F)c(OCc4ccc(Cl)cc4)c3)[nH]n2)cn1. The van der Waals surface area contributed by atoms with Crippen LogP contribution in [-0.4, -0.2) is 40.5 Å². The fourth-order valence-electron chi connectivity index (χ4n) is 3.18. The van der Waals surface area contributed by atoms with Gasteiger partial charge in [-0.05, 0) is 36.8 Å². The zero-order chi connectivity index (χ0) is 26.6. The first kappa shape index (κ1) is 26.2. The molecule has 37 heavy (non-hydrogen) atoms. The number of alkyl halides is 3. The number of hydrogen-bond donors (Lipinski definition) is 3. The second kappa shape index (κ2) is 10.6. The summed E-state index contributed by atoms with van der Waals surface area (Å²) in [5.74, 6) is -1.10. The molecule has 2 aromatic carbocycles. The maximum Gasteiger partial charge on any atom is 0.404 e. The van der Waals surface area contributed by atoms with E-state index in [0.717, 1.165) is 5.69 Å². The minimum Gasteiger partial charge on any atom is -0.487 e. The molecule has 0 fully saturated rings. The zero-order valence-electron chi connectivity index (χ0n) is 19.2. The van der Waals surface area contributed by atoms with Crippen molar-refractivity contribution in [2.75, 3.05) is 15.8 Å². The van der Waals surface area contributed by atoms with Gasteiger partial charge in [0.05, 0.1) is 29.5 Å². The highest BCUT2D eigenvalue weighted by molar-refractivity contribution is 7.92. The van der Waals surface area contributed by atoms with E-state index in [4.69, 9.17) is 16.3 Å². The lowest BCUT2D eigenvalue weighted by molar-refractivity contribution is -0.106. The van der Waals surface area contributed by atoms with Crippen LogP contribution in [0.1, 0.15) is 11.3 Å². The highest BCUT2D eigenvalue weighted by Gasteiger charge is 2.35. The van der Waals surface area contributed by atoms with E-state index in [2.05, 4.69) is 25.5 Å². The Morgan fingerprint density at radius 3 is 2.46 bits per heavy atom. The Morgan fingerprint density at radius 1 is 1.03 bits per heavy atom. The molecule has 0 saturated carbocycles. The van der Waals surface area contributed by atoms with Crippen molar-refractivity contribution >= 4 is 38.9 Å². The Morgan fingerprint density at radius 2 is 1.78 bits per heavy atom. The monoisotopic (exact) mass is 552 g/mol. The molecule has 4 rings (SSSR count). The third-order valence-corrected chi connectivity index (χ3v) is 6.32. The van der Waals surface area contributed by atoms with Crippen LogP contribution >= 0.6 is 11.6 Å². The number of aromatic nitrogens is 4. The van der Waals surface area contributed by atoms with Gasteiger partial charge in [-0.1, -0.05) is 29.8 Å². The number of nitrogens with one attached hydrogen (secondary N) is 3. The van der Waals surface area contributed by atoms with Crippen molar-refractivity contribution in [1.82, 2.24) is 20.2 Å². The number of benzene rings is 2. The summed E-state index contributed by atoms with van der Waals surface area (Å²) in [5, 5.41) is 10.5. The van der Waals surface area contributed by atoms with Crippen molar-refractivity contribution in [2.45, 2.75) is 19.7 Å². The Labute approximate surface area is 215 Å². The first-order chi connectivity index (χ1) is 17.5. The van der Waals surface area contributed by atoms with Gasteiger partial charge < -0.3 is 10.1 Å². The molecule has 0 unspecified atom stereocenters. The summed E-state index contributed by atoms with van der Waals surface area (Å²) >= 11 is 5.90. The summed E-state index contributed by atoms with van der Waals surface area (Å²) < 4.78 is 70.2. The fraction of sp³-hybridized carbons (Fsp3) is 0.174. The molecule has 0 aliphatic carbocycles. The molecule has 2 aromatic heterocycles. The Hall–Kier alpha value is -3.84. The van der Waals surface area contributed by atoms with Gasteiger partial charge in [0.2, 0.25) is 10.0 Å². The van der Waals surface area contributed by atoms with Gasteiger partial charge in [0, 0.05) is 16.7 Å². The summed E-state index contributed by atoms with van der Waals surface area (Å²) in [6, 6.07) is 12.7. The average Bonchev–Trinajstić information content (AvgIpc) is 3.27. The Balaban J connectivity index is 1.60. The number of nitrogens with zero attached hydrogens (tertiary/aromatic N) is 3. The number of aryl methyl sites for hydroxylation is 1. The van der Waals surface area contributed by atoms with Gasteiger partial charge in [-0.3, -0.25) is 14.8 Å². The number of aromatic amines is 1. The first-order valence-electron chi connectivity index (χ1n) is 10.7. The molecular weight excluding hydrogens is 533 g/mol. The quantitative estimate of drug-likeness (QED) is 0.252. The van der Waals surface area contributed by atoms with Gasteiger partial charge in [-0.25, -0.2) is 13.4 Å². The average molecular weight is 553 g/mol. The Kier molecular flexibility index (Phi) is 7.55. The standard InChI is InChI=1S/C23H20ClF3N6O3S/c1-14-10-29-22(11-28-14)30-21-9-19(31-32-21)16-4-7-18(33-37(34,35)13-23(25,26)27)20(8-16)36-12-15-2-5-17(24)6-3-15/h2-11,33H,12-13H2,1H3,(H2,29,30,31,32). The molecule has 4 aromatic rings. The summed E-state index contributed by atoms with van der Waals surface area (Å²) in [4.78, 5) is 8.35. The minimum atomic E-state index is -4.91. The van der Waals surface area contributed by atoms with Crippen LogP contribution in [0.25, 0.3) is 11.3 Å². The molecule has 194 valence electrons. The van der Waals surface area contributed by atoms with Crippen molar-refractivity contribution < 1.29 is 26.3 Å². The molecule has 0 atom stereocenters. The number of hydrogen-bond acceptors (Lipinski definition) is 7. The number of sulfonamides is 1. The summed E-state index contributed by atoms with van der Waals surface area (Å²) in [7, 11) is -4.73. The second-order valence-corrected chi connectivity index (χ2v) is 10.1. The molecule has 3 N–H and O–H groups in total. The van der Waals surface area contributed by atoms with E-state index in [1.807, 2.05) is 11.6 Å². The van der Waals surface area contributed by atoms with Crippen molar-refractivity contribution in [3.63, 3.8) is 0 Å². The lowest BCUT2D eigenvalue weighted by Crippen LogP contribution is -2.28. The maximum absolute atomic E-state index is 12.7. The number of halogens is 4. The highest BCUT2D eigenvalue weighted by atomic mass is 35.5. The lowest BCUT2D eigenvalue weighted by atomic mass is 10.1. The van der Waals surface area contributed by atoms with Crippen molar-refractivity contribution in [2.24, 2.45) is 0 Å². The molecule has 0 saturated heterocycles. The molecule has 0 spiro atoms. The van der Waals surface area contributed by atoms with Crippen LogP contribution in [0.5, 0.6) is 5.75 Å². The molecule has 0 amide bonds. The topological polar surface area (TPSA) is 122 Å². The van der Waals surface area contributed by atoms with Crippen molar-refractivity contribution in [3.8, 4) is 17.0 Å². The normalized spacial score (nSPS) is 11.8. The van der Waals surface area contributed by atoms with Gasteiger partial charge >= 0.3 is 6.18 Å². The van der Waals surface area contributed by atoms with Crippen LogP contribution in [0.4, 0.5) is 30.5 Å². The smallest absolute Gasteiger partial charge is 0.404 e. The highest BCUT2D eigenvalue weighted by Crippen LogP contribution is 2.33. The van der Waals surface area contributed by atoms with Gasteiger partial charge in [-0.15, -0.1) is 0 Å². The van der Waals surface area contributed by atoms with Crippen LogP contribution in [0, 0.1) is 6.92 Å². The molecule has 0 aliphatic heterocycles. The van der Waals surface area contributed by atoms with E-state index in [-0.39, 0.29) is 18.0 Å². The van der Waals surface area contributed by atoms with E-state index in [9.17, 15) is 21.6 Å². The maximum atomic E-state index is 12.7. The Bertz CT molecular complexity index is 1480. The van der Waals surface area contributed by atoms with Crippen LogP contribution in [-0.2, 0) is 16.6 Å². The molecule has 9 nitrogen and oxygen atoms in total. The number of H-pyrrole nitrogens is 1. The fourth-order valence-corrected chi connectivity index (χ4v) is 4.31. The third-order valence-electron chi connectivity index (χ3n) is 4.83. The van der Waals surface area contributed by atoms with Crippen molar-refractivity contribution in [3.05, 3.63) is 77.2 Å². The molecular formula is C23H20ClF3N6O3S. The first-order valence-corrected chi connectivity index (χ1v) is 12.7. The van der Waals surface area contributed by atoms with Gasteiger partial charge in [0.15, 0.2) is 11.6 Å². The molecule has 0 bridgehead atoms. The number of rotatable bonds is 9. The van der Waals surface area contributed by atoms with Gasteiger partial charge in [0.25, 0.3) is 0 Å². The molecule has 0 radical (unpaired) electrons. The van der Waals surface area contributed by atoms with E-state index in [1.165, 1.54) is 18.2 Å². The molecule has 0 aliphatic rings. The van der Waals surface area contributed by atoms with Crippen LogP contribution < -0.4 is 14.8 Å². The number of anilines is 3. The largest absolute Gasteiger partial charge is 0.487 e. The van der Waals surface area contributed by atoms with Crippen LogP contribution in [0.15, 0.2) is 60.9 Å². The van der Waals surface area contributed by atoms with E-state index in [0.29, 0.717) is 33.5 Å². The second-order valence-electron chi connectivity index (χ2n) is 7.94. The minimum absolute atomic E-state index is 0.0104. The van der Waals surface area contributed by atoms with Gasteiger partial charge in [-0.2, -0.15) is 18.3 Å². The summed E-state index contributed by atoms with van der Waals surface area (Å²) in [6.07, 6.45) is -1.76. The van der Waals surface area contributed by atoms with E-state index >= 15 is 0 Å². The van der Waals surface area contributed by atoms with Crippen LogP contribution in [0.3, 0.4) is 0 Å². The van der Waals surface area contributed by atoms with Crippen LogP contribution in [0.2, 0.25) is 5.02 Å². The molecule has 14 heteroatoms. The predicted molar refractivity (Wildman–Crippen MR) is 133 cm³/mol. The van der Waals surface area contributed by atoms with Gasteiger partial charge in [0.1, 0.15) is 18.2 Å². The summed E-state index contributed by atoms with van der Waals surface area (Å²) in [5.41, 5.74) is 2.40. The molecule has 2 heterocycles. The van der Waals surface area contributed by atoms with E-state index < -0.39 is 22.0 Å².